The number of rotatable bonds is 5. The molecule has 0 atom stereocenters. The number of para-hydroxylation sites is 2. The van der Waals surface area contributed by atoms with Gasteiger partial charge in [-0.2, -0.15) is 0 Å². The van der Waals surface area contributed by atoms with Gasteiger partial charge in [-0.05, 0) is 54.1 Å². The number of nitrogens with zero attached hydrogens (tertiary/aromatic N) is 7. The van der Waals surface area contributed by atoms with Crippen LogP contribution in [0.4, 0.5) is 27.6 Å². The zero-order valence-corrected chi connectivity index (χ0v) is 29.2. The lowest BCUT2D eigenvalue weighted by Crippen LogP contribution is -2.07. The van der Waals surface area contributed by atoms with Crippen LogP contribution in [-0.4, -0.2) is 29.1 Å². The van der Waals surface area contributed by atoms with E-state index in [0.717, 1.165) is 27.1 Å². The van der Waals surface area contributed by atoms with Crippen molar-refractivity contribution < 1.29 is 22.0 Å². The Hall–Kier alpha value is -7.78. The first-order valence-electron chi connectivity index (χ1n) is 17.5. The van der Waals surface area contributed by atoms with Gasteiger partial charge in [0, 0.05) is 63.0 Å². The number of hydrogen-bond acceptors (Lipinski definition) is 4. The molecule has 0 aliphatic rings. The van der Waals surface area contributed by atoms with Crippen molar-refractivity contribution >= 4 is 49.3 Å². The topological polar surface area (TPSA) is 65.8 Å². The summed E-state index contributed by atoms with van der Waals surface area (Å²) in [6, 6.07) is 32.8. The maximum Gasteiger partial charge on any atom is 0.200 e. The van der Waals surface area contributed by atoms with E-state index in [1.165, 1.54) is 12.1 Å². The first-order valence-corrected chi connectivity index (χ1v) is 17.5. The van der Waals surface area contributed by atoms with Gasteiger partial charge in [0.15, 0.2) is 40.6 Å². The minimum Gasteiger partial charge on any atom is -0.308 e. The molecule has 7 nitrogen and oxygen atoms in total. The molecular weight excluding hydrogens is 734 g/mol. The lowest BCUT2D eigenvalue weighted by atomic mass is 9.99. The van der Waals surface area contributed by atoms with Crippen LogP contribution >= 0.6 is 0 Å². The molecule has 4 heterocycles. The van der Waals surface area contributed by atoms with Crippen molar-refractivity contribution in [1.29, 1.82) is 0 Å². The summed E-state index contributed by atoms with van der Waals surface area (Å²) in [5.74, 6) is -9.72. The number of aromatic nitrogens is 6. The number of fused-ring (bicyclic) bond motifs is 6. The molecule has 0 fully saturated rings. The predicted molar refractivity (Wildman–Crippen MR) is 209 cm³/mol. The molecule has 12 heteroatoms. The standard InChI is InChI=1S/C45H22F5N7/c1-51-31-23-37(57-33-11-5-3-9-27(33)29-15-13-25(21-35(29)57)45-54-18-7-19-55-45)36(22-30(31)38-39(46)41(48)43(50)42(49)40(38)47)56-32-10-4-2-8-26(32)28-14-12-24(20-34(28)56)44-52-16-6-17-53-44/h2-23H. The summed E-state index contributed by atoms with van der Waals surface area (Å²) in [5, 5.41) is 3.32. The molecule has 0 N–H and O–H groups in total. The molecule has 0 spiro atoms. The van der Waals surface area contributed by atoms with E-state index < -0.39 is 40.2 Å². The van der Waals surface area contributed by atoms with E-state index in [1.807, 2.05) is 94.1 Å². The largest absolute Gasteiger partial charge is 0.308 e. The second-order valence-electron chi connectivity index (χ2n) is 13.2. The lowest BCUT2D eigenvalue weighted by molar-refractivity contribution is 0.381. The first kappa shape index (κ1) is 33.8. The van der Waals surface area contributed by atoms with Gasteiger partial charge in [0.05, 0.1) is 40.0 Å². The highest BCUT2D eigenvalue weighted by atomic mass is 19.2. The van der Waals surface area contributed by atoms with Crippen molar-refractivity contribution in [3.63, 3.8) is 0 Å². The highest BCUT2D eigenvalue weighted by Crippen LogP contribution is 2.45. The van der Waals surface area contributed by atoms with Crippen LogP contribution in [0.2, 0.25) is 0 Å². The smallest absolute Gasteiger partial charge is 0.200 e. The summed E-state index contributed by atoms with van der Waals surface area (Å²) in [6.07, 6.45) is 6.52. The number of hydrogen-bond donors (Lipinski definition) is 0. The lowest BCUT2D eigenvalue weighted by Gasteiger charge is -2.20. The average molecular weight is 756 g/mol. The molecule has 0 saturated carbocycles. The molecule has 10 rings (SSSR count). The third-order valence-electron chi connectivity index (χ3n) is 10.2. The maximum absolute atomic E-state index is 15.8. The monoisotopic (exact) mass is 755 g/mol. The van der Waals surface area contributed by atoms with Crippen molar-refractivity contribution in [2.75, 3.05) is 0 Å². The third kappa shape index (κ3) is 5.09. The Labute approximate surface area is 319 Å². The molecule has 0 saturated heterocycles. The number of benzene rings is 6. The fraction of sp³-hybridized carbons (Fsp3) is 0. The third-order valence-corrected chi connectivity index (χ3v) is 10.2. The Morgan fingerprint density at radius 3 is 1.33 bits per heavy atom. The zero-order valence-electron chi connectivity index (χ0n) is 29.2. The van der Waals surface area contributed by atoms with Crippen LogP contribution < -0.4 is 0 Å². The van der Waals surface area contributed by atoms with E-state index in [1.54, 1.807) is 36.9 Å². The molecule has 272 valence electrons. The van der Waals surface area contributed by atoms with Crippen LogP contribution in [0.1, 0.15) is 0 Å². The van der Waals surface area contributed by atoms with Gasteiger partial charge >= 0.3 is 0 Å². The number of halogens is 5. The highest BCUT2D eigenvalue weighted by Gasteiger charge is 2.30. The van der Waals surface area contributed by atoms with Gasteiger partial charge in [0.25, 0.3) is 0 Å². The molecule has 0 aliphatic heterocycles. The minimum atomic E-state index is -2.29. The van der Waals surface area contributed by atoms with Crippen molar-refractivity contribution in [3.05, 3.63) is 174 Å². The van der Waals surface area contributed by atoms with Crippen molar-refractivity contribution in [3.8, 4) is 45.3 Å². The molecule has 6 aromatic carbocycles. The van der Waals surface area contributed by atoms with Crippen molar-refractivity contribution in [1.82, 2.24) is 29.1 Å². The minimum absolute atomic E-state index is 0.280. The molecular formula is C45H22F5N7. The summed E-state index contributed by atoms with van der Waals surface area (Å²) in [6.45, 7) is 8.22. The maximum atomic E-state index is 15.8. The van der Waals surface area contributed by atoms with Crippen LogP contribution in [0.3, 0.4) is 0 Å². The second kappa shape index (κ2) is 12.9. The molecule has 0 amide bonds. The Morgan fingerprint density at radius 2 is 0.860 bits per heavy atom. The van der Waals surface area contributed by atoms with E-state index >= 15 is 8.78 Å². The molecule has 0 aliphatic carbocycles. The van der Waals surface area contributed by atoms with Gasteiger partial charge < -0.3 is 9.13 Å². The summed E-state index contributed by atoms with van der Waals surface area (Å²) in [5.41, 5.74) is 2.68. The van der Waals surface area contributed by atoms with E-state index in [9.17, 15) is 13.2 Å². The van der Waals surface area contributed by atoms with Gasteiger partial charge in [-0.3, -0.25) is 0 Å². The fourth-order valence-electron chi connectivity index (χ4n) is 7.69. The second-order valence-corrected chi connectivity index (χ2v) is 13.2. The van der Waals surface area contributed by atoms with Gasteiger partial charge in [-0.1, -0.05) is 60.7 Å². The van der Waals surface area contributed by atoms with E-state index in [4.69, 9.17) is 6.57 Å². The van der Waals surface area contributed by atoms with Crippen molar-refractivity contribution in [2.24, 2.45) is 0 Å². The summed E-state index contributed by atoms with van der Waals surface area (Å²) in [4.78, 5) is 21.4. The Kier molecular flexibility index (Phi) is 7.65. The SMILES string of the molecule is [C-]#[N+]c1cc(-n2c3ccccc3c3ccc(-c4ncccn4)cc32)c(-n2c3ccccc3c3ccc(-c4ncccn4)cc32)cc1-c1c(F)c(F)c(F)c(F)c1F. The van der Waals surface area contributed by atoms with Crippen LogP contribution in [0.15, 0.2) is 134 Å². The predicted octanol–water partition coefficient (Wildman–Crippen LogP) is 11.7. The summed E-state index contributed by atoms with van der Waals surface area (Å²) >= 11 is 0. The Balaban J connectivity index is 1.39. The van der Waals surface area contributed by atoms with Crippen molar-refractivity contribution in [2.45, 2.75) is 0 Å². The molecule has 4 aromatic heterocycles. The van der Waals surface area contributed by atoms with Crippen LogP contribution in [0.25, 0.3) is 93.7 Å². The van der Waals surface area contributed by atoms with E-state index in [2.05, 4.69) is 24.8 Å². The average Bonchev–Trinajstić information content (AvgIpc) is 3.77. The van der Waals surface area contributed by atoms with E-state index in [-0.39, 0.29) is 11.4 Å². The van der Waals surface area contributed by atoms with Gasteiger partial charge in [-0.15, -0.1) is 0 Å². The molecule has 0 bridgehead atoms. The zero-order chi connectivity index (χ0) is 38.9. The molecule has 57 heavy (non-hydrogen) atoms. The van der Waals surface area contributed by atoms with E-state index in [0.29, 0.717) is 45.0 Å². The van der Waals surface area contributed by atoms with Crippen LogP contribution in [-0.2, 0) is 0 Å². The fourth-order valence-corrected chi connectivity index (χ4v) is 7.69. The Bertz CT molecular complexity index is 3290. The van der Waals surface area contributed by atoms with Gasteiger partial charge in [-0.25, -0.2) is 46.7 Å². The van der Waals surface area contributed by atoms with Crippen LogP contribution in [0, 0.1) is 35.7 Å². The normalized spacial score (nSPS) is 11.6. The quantitative estimate of drug-likeness (QED) is 0.0759. The Morgan fingerprint density at radius 1 is 0.439 bits per heavy atom. The van der Waals surface area contributed by atoms with Crippen LogP contribution in [0.5, 0.6) is 0 Å². The molecule has 0 unspecified atom stereocenters. The molecule has 0 radical (unpaired) electrons. The summed E-state index contributed by atoms with van der Waals surface area (Å²) < 4.78 is 79.5. The summed E-state index contributed by atoms with van der Waals surface area (Å²) in [7, 11) is 0. The van der Waals surface area contributed by atoms with Gasteiger partial charge in [0.1, 0.15) is 0 Å². The molecule has 10 aromatic rings. The highest BCUT2D eigenvalue weighted by molar-refractivity contribution is 6.13. The first-order chi connectivity index (χ1) is 27.8. The van der Waals surface area contributed by atoms with Gasteiger partial charge in [0.2, 0.25) is 5.82 Å².